The number of nitrogens with zero attached hydrogens (tertiary/aromatic N) is 4. The van der Waals surface area contributed by atoms with Crippen molar-refractivity contribution in [3.8, 4) is 5.75 Å². The summed E-state index contributed by atoms with van der Waals surface area (Å²) in [7, 11) is 4.87. The molecule has 214 valence electrons. The number of methoxy groups -OCH3 is 1. The highest BCUT2D eigenvalue weighted by Gasteiger charge is 2.39. The molecule has 2 aromatic carbocycles. The van der Waals surface area contributed by atoms with Crippen molar-refractivity contribution in [3.63, 3.8) is 0 Å². The van der Waals surface area contributed by atoms with Crippen molar-refractivity contribution in [1.29, 1.82) is 0 Å². The highest BCUT2D eigenvalue weighted by atomic mass is 19.3. The van der Waals surface area contributed by atoms with E-state index in [0.717, 1.165) is 78.6 Å². The number of aliphatic hydroxyl groups is 1. The van der Waals surface area contributed by atoms with Crippen LogP contribution in [0, 0.1) is 0 Å². The van der Waals surface area contributed by atoms with Crippen LogP contribution in [0.1, 0.15) is 54.4 Å². The molecule has 3 heterocycles. The number of carbonyl (C=O) groups excluding carboxylic acids is 1. The van der Waals surface area contributed by atoms with E-state index >= 15 is 0 Å². The van der Waals surface area contributed by atoms with Gasteiger partial charge < -0.3 is 24.9 Å². The minimum atomic E-state index is -2.74. The molecule has 0 bridgehead atoms. The van der Waals surface area contributed by atoms with E-state index in [9.17, 15) is 8.78 Å². The molecule has 0 atom stereocenters. The number of carbonyl (C=O) groups is 1. The number of aliphatic hydroxyl groups excluding tert-OH is 1. The van der Waals surface area contributed by atoms with Gasteiger partial charge >= 0.3 is 0 Å². The third-order valence-electron chi connectivity index (χ3n) is 7.64. The first-order valence-corrected chi connectivity index (χ1v) is 13.5. The van der Waals surface area contributed by atoms with Gasteiger partial charge in [0.15, 0.2) is 5.65 Å². The number of hydrogen-bond donors (Lipinski definition) is 2. The number of aldehydes is 1. The zero-order valence-electron chi connectivity index (χ0n) is 23.5. The molecular formula is C30H37F2N5O3. The quantitative estimate of drug-likeness (QED) is 0.330. The third kappa shape index (κ3) is 5.78. The van der Waals surface area contributed by atoms with E-state index in [2.05, 4.69) is 34.5 Å². The predicted molar refractivity (Wildman–Crippen MR) is 152 cm³/mol. The Kier molecular flexibility index (Phi) is 9.32. The Balaban J connectivity index is 0.000000695. The Morgan fingerprint density at radius 1 is 1.20 bits per heavy atom. The molecule has 6 rings (SSSR count). The van der Waals surface area contributed by atoms with Gasteiger partial charge in [0.2, 0.25) is 0 Å². The summed E-state index contributed by atoms with van der Waals surface area (Å²) >= 11 is 0. The predicted octanol–water partition coefficient (Wildman–Crippen LogP) is 5.16. The van der Waals surface area contributed by atoms with Crippen LogP contribution in [-0.2, 0) is 23.7 Å². The molecule has 0 saturated carbocycles. The van der Waals surface area contributed by atoms with Crippen LogP contribution in [0.25, 0.3) is 16.6 Å². The summed E-state index contributed by atoms with van der Waals surface area (Å²) in [6.45, 7) is 3.98. The SMILES string of the molecule is CC=O.CO.COc1cc2c(cc1C1CCN(C)CC1)c(NCc1cccc3c1CCC3(F)F)nc1ccnn12. The number of alkyl halides is 2. The van der Waals surface area contributed by atoms with Gasteiger partial charge in [-0.25, -0.2) is 18.3 Å². The number of anilines is 1. The average molecular weight is 554 g/mol. The summed E-state index contributed by atoms with van der Waals surface area (Å²) < 4.78 is 36.2. The van der Waals surface area contributed by atoms with E-state index in [1.54, 1.807) is 25.4 Å². The number of piperidine rings is 1. The highest BCUT2D eigenvalue weighted by molar-refractivity contribution is 5.93. The topological polar surface area (TPSA) is 92.0 Å². The monoisotopic (exact) mass is 553 g/mol. The van der Waals surface area contributed by atoms with Crippen molar-refractivity contribution >= 4 is 28.7 Å². The lowest BCUT2D eigenvalue weighted by molar-refractivity contribution is -0.106. The van der Waals surface area contributed by atoms with Crippen LogP contribution in [0.4, 0.5) is 14.6 Å². The van der Waals surface area contributed by atoms with Crippen LogP contribution in [-0.4, -0.2) is 65.2 Å². The van der Waals surface area contributed by atoms with Crippen LogP contribution in [0.3, 0.4) is 0 Å². The standard InChI is InChI=1S/C27H29F2N5O.C2H4O.CH4O/c1-33-12-8-17(9-13-33)20-14-21-23(15-24(20)35-2)34-25(7-11-31-34)32-26(21)30-16-18-4-3-5-22-19(18)6-10-27(22,28)29;1-2-3;1-2/h3-5,7,11,14-15,17H,6,8-10,12-13,16H2,1-2H3,(H,30,32);2H,1H3;2H,1H3. The van der Waals surface area contributed by atoms with Crippen LogP contribution < -0.4 is 10.1 Å². The summed E-state index contributed by atoms with van der Waals surface area (Å²) in [5.41, 5.74) is 4.63. The number of likely N-dealkylation sites (tertiary alicyclic amines) is 1. The Bertz CT molecular complexity index is 1470. The maximum atomic E-state index is 14.3. The lowest BCUT2D eigenvalue weighted by atomic mass is 9.88. The van der Waals surface area contributed by atoms with Crippen molar-refractivity contribution in [3.05, 3.63) is 64.8 Å². The molecule has 1 aliphatic heterocycles. The number of nitrogens with one attached hydrogen (secondary N) is 1. The molecule has 0 unspecified atom stereocenters. The van der Waals surface area contributed by atoms with E-state index in [-0.39, 0.29) is 12.0 Å². The van der Waals surface area contributed by atoms with Crippen molar-refractivity contribution in [2.24, 2.45) is 0 Å². The van der Waals surface area contributed by atoms with E-state index in [1.165, 1.54) is 12.5 Å². The number of hydrogen-bond acceptors (Lipinski definition) is 7. The molecular weight excluding hydrogens is 516 g/mol. The summed E-state index contributed by atoms with van der Waals surface area (Å²) in [4.78, 5) is 16.0. The van der Waals surface area contributed by atoms with Crippen LogP contribution in [0.2, 0.25) is 0 Å². The lowest BCUT2D eigenvalue weighted by Gasteiger charge is -2.30. The van der Waals surface area contributed by atoms with Gasteiger partial charge in [-0.05, 0) is 75.0 Å². The largest absolute Gasteiger partial charge is 0.496 e. The molecule has 2 aliphatic rings. The number of aromatic nitrogens is 3. The summed E-state index contributed by atoms with van der Waals surface area (Å²) in [5.74, 6) is -0.741. The van der Waals surface area contributed by atoms with Gasteiger partial charge in [0.1, 0.15) is 17.9 Å². The second-order valence-electron chi connectivity index (χ2n) is 9.99. The first kappa shape index (κ1) is 29.4. The number of halogens is 2. The first-order chi connectivity index (χ1) is 19.4. The van der Waals surface area contributed by atoms with Gasteiger partial charge in [-0.1, -0.05) is 18.2 Å². The molecule has 4 aromatic rings. The van der Waals surface area contributed by atoms with E-state index in [4.69, 9.17) is 19.6 Å². The Morgan fingerprint density at radius 2 is 1.93 bits per heavy atom. The van der Waals surface area contributed by atoms with Gasteiger partial charge in [-0.3, -0.25) is 0 Å². The number of ether oxygens (including phenoxy) is 1. The maximum Gasteiger partial charge on any atom is 0.273 e. The molecule has 0 spiro atoms. The molecule has 1 saturated heterocycles. The maximum absolute atomic E-state index is 14.3. The van der Waals surface area contributed by atoms with Gasteiger partial charge in [0.05, 0.1) is 18.8 Å². The fourth-order valence-electron chi connectivity index (χ4n) is 5.68. The molecule has 0 radical (unpaired) electrons. The molecule has 1 fully saturated rings. The number of benzene rings is 2. The minimum Gasteiger partial charge on any atom is -0.496 e. The molecule has 1 aliphatic carbocycles. The second-order valence-corrected chi connectivity index (χ2v) is 9.99. The Hall–Kier alpha value is -3.63. The summed E-state index contributed by atoms with van der Waals surface area (Å²) in [6, 6.07) is 11.3. The lowest BCUT2D eigenvalue weighted by Crippen LogP contribution is -2.29. The summed E-state index contributed by atoms with van der Waals surface area (Å²) in [6.07, 6.45) is 4.90. The zero-order chi connectivity index (χ0) is 28.9. The van der Waals surface area contributed by atoms with Gasteiger partial charge in [-0.15, -0.1) is 0 Å². The molecule has 2 aromatic heterocycles. The molecule has 10 heteroatoms. The van der Waals surface area contributed by atoms with Gasteiger partial charge in [0, 0.05) is 43.2 Å². The second kappa shape index (κ2) is 12.7. The number of rotatable bonds is 5. The van der Waals surface area contributed by atoms with Gasteiger partial charge in [-0.2, -0.15) is 5.10 Å². The van der Waals surface area contributed by atoms with Crippen LogP contribution >= 0.6 is 0 Å². The smallest absolute Gasteiger partial charge is 0.273 e. The zero-order valence-corrected chi connectivity index (χ0v) is 23.5. The van der Waals surface area contributed by atoms with Crippen molar-refractivity contribution in [2.45, 2.75) is 51.0 Å². The van der Waals surface area contributed by atoms with Crippen molar-refractivity contribution < 1.29 is 23.4 Å². The van der Waals surface area contributed by atoms with Crippen molar-refractivity contribution in [2.75, 3.05) is 39.7 Å². The van der Waals surface area contributed by atoms with Crippen molar-refractivity contribution in [1.82, 2.24) is 19.5 Å². The average Bonchev–Trinajstić information content (AvgIpc) is 3.57. The fourth-order valence-corrected chi connectivity index (χ4v) is 5.68. The molecule has 2 N–H and O–H groups in total. The fraction of sp³-hybridized carbons (Fsp3) is 0.433. The normalized spacial score (nSPS) is 16.5. The number of fused-ring (bicyclic) bond motifs is 4. The Labute approximate surface area is 233 Å². The van der Waals surface area contributed by atoms with E-state index < -0.39 is 5.92 Å². The molecule has 8 nitrogen and oxygen atoms in total. The Morgan fingerprint density at radius 3 is 2.62 bits per heavy atom. The van der Waals surface area contributed by atoms with Crippen LogP contribution in [0.5, 0.6) is 5.75 Å². The van der Waals surface area contributed by atoms with E-state index in [1.807, 2.05) is 16.6 Å². The van der Waals surface area contributed by atoms with Crippen LogP contribution in [0.15, 0.2) is 42.6 Å². The highest BCUT2D eigenvalue weighted by Crippen LogP contribution is 2.43. The first-order valence-electron chi connectivity index (χ1n) is 13.5. The third-order valence-corrected chi connectivity index (χ3v) is 7.64. The molecule has 40 heavy (non-hydrogen) atoms. The molecule has 0 amide bonds. The van der Waals surface area contributed by atoms with E-state index in [0.29, 0.717) is 18.9 Å². The van der Waals surface area contributed by atoms with Gasteiger partial charge in [0.25, 0.3) is 5.92 Å². The summed E-state index contributed by atoms with van der Waals surface area (Å²) in [5, 5.41) is 15.9. The minimum absolute atomic E-state index is 0.123.